The number of rotatable bonds is 4. The lowest BCUT2D eigenvalue weighted by Gasteiger charge is -2.44. The van der Waals surface area contributed by atoms with Crippen molar-refractivity contribution in [1.82, 2.24) is 20.0 Å². The van der Waals surface area contributed by atoms with Gasteiger partial charge < -0.3 is 34.8 Å². The van der Waals surface area contributed by atoms with Gasteiger partial charge >= 0.3 is 12.2 Å². The molecule has 0 saturated carbocycles. The van der Waals surface area contributed by atoms with E-state index < -0.39 is 11.2 Å². The van der Waals surface area contributed by atoms with Crippen LogP contribution >= 0.6 is 0 Å². The third-order valence-electron chi connectivity index (χ3n) is 6.52. The maximum Gasteiger partial charge on any atom is 0.410 e. The summed E-state index contributed by atoms with van der Waals surface area (Å²) in [4.78, 5) is 29.9. The molecule has 2 saturated heterocycles. The van der Waals surface area contributed by atoms with E-state index in [-0.39, 0.29) is 49.6 Å². The Morgan fingerprint density at radius 1 is 0.846 bits per heavy atom. The van der Waals surface area contributed by atoms with Crippen molar-refractivity contribution in [3.63, 3.8) is 0 Å². The van der Waals surface area contributed by atoms with Crippen molar-refractivity contribution in [2.24, 2.45) is 0 Å². The van der Waals surface area contributed by atoms with Crippen LogP contribution in [0.25, 0.3) is 0 Å². The molecule has 3 rings (SSSR count). The summed E-state index contributed by atoms with van der Waals surface area (Å²) in [5.41, 5.74) is 0.229. The molecule has 0 aromatic heterocycles. The zero-order valence-corrected chi connectivity index (χ0v) is 25.0. The largest absolute Gasteiger partial charge is 0.444 e. The summed E-state index contributed by atoms with van der Waals surface area (Å²) in [5, 5.41) is 22.0. The fourth-order valence-electron chi connectivity index (χ4n) is 4.50. The van der Waals surface area contributed by atoms with Gasteiger partial charge in [0.25, 0.3) is 0 Å². The smallest absolute Gasteiger partial charge is 0.410 e. The number of aliphatic hydroxyl groups excluding tert-OH is 2. The van der Waals surface area contributed by atoms with E-state index in [0.29, 0.717) is 19.6 Å². The topological polar surface area (TPSA) is 115 Å². The molecule has 39 heavy (non-hydrogen) atoms. The van der Waals surface area contributed by atoms with Gasteiger partial charge in [0.2, 0.25) is 0 Å². The third-order valence-corrected chi connectivity index (χ3v) is 6.52. The molecule has 3 N–H and O–H groups in total. The lowest BCUT2D eigenvalue weighted by Crippen LogP contribution is -2.60. The van der Waals surface area contributed by atoms with Crippen LogP contribution in [0.2, 0.25) is 0 Å². The van der Waals surface area contributed by atoms with Crippen LogP contribution in [0.4, 0.5) is 9.59 Å². The lowest BCUT2D eigenvalue weighted by atomic mass is 10.1. The predicted molar refractivity (Wildman–Crippen MR) is 151 cm³/mol. The highest BCUT2D eigenvalue weighted by Crippen LogP contribution is 2.21. The van der Waals surface area contributed by atoms with E-state index >= 15 is 0 Å². The van der Waals surface area contributed by atoms with Gasteiger partial charge in [-0.3, -0.25) is 4.90 Å². The lowest BCUT2D eigenvalue weighted by molar-refractivity contribution is -0.0239. The van der Waals surface area contributed by atoms with Crippen LogP contribution in [0.5, 0.6) is 0 Å². The van der Waals surface area contributed by atoms with Gasteiger partial charge in [-0.2, -0.15) is 0 Å². The quantitative estimate of drug-likeness (QED) is 0.524. The molecule has 1 aromatic carbocycles. The summed E-state index contributed by atoms with van der Waals surface area (Å²) in [6.07, 6.45) is -0.609. The van der Waals surface area contributed by atoms with E-state index in [4.69, 9.17) is 14.6 Å². The van der Waals surface area contributed by atoms with Gasteiger partial charge in [-0.25, -0.2) is 9.59 Å². The number of carbonyl (C=O) groups excluding carboxylic acids is 2. The molecule has 0 unspecified atom stereocenters. The fraction of sp³-hybridized carbons (Fsp3) is 0.724. The summed E-state index contributed by atoms with van der Waals surface area (Å²) < 4.78 is 10.8. The zero-order chi connectivity index (χ0) is 29.4. The number of nitrogens with one attached hydrogen (secondary N) is 1. The Morgan fingerprint density at radius 3 is 1.87 bits per heavy atom. The molecule has 2 aliphatic rings. The molecule has 0 bridgehead atoms. The number of benzene rings is 1. The molecular formula is C29H50N4O6. The molecule has 222 valence electrons. The average molecular weight is 551 g/mol. The number of hydrogen-bond donors (Lipinski definition) is 3. The molecule has 1 aromatic rings. The molecule has 2 fully saturated rings. The first-order valence-corrected chi connectivity index (χ1v) is 13.9. The van der Waals surface area contributed by atoms with E-state index in [2.05, 4.69) is 22.3 Å². The second kappa shape index (κ2) is 14.3. The fourth-order valence-corrected chi connectivity index (χ4v) is 4.50. The second-order valence-electron chi connectivity index (χ2n) is 12.5. The van der Waals surface area contributed by atoms with E-state index in [9.17, 15) is 14.7 Å². The number of carbonyl (C=O) groups is 2. The molecule has 10 nitrogen and oxygen atoms in total. The van der Waals surface area contributed by atoms with Gasteiger partial charge in [-0.1, -0.05) is 30.3 Å². The van der Waals surface area contributed by atoms with E-state index in [0.717, 1.165) is 13.1 Å². The molecule has 0 aliphatic carbocycles. The van der Waals surface area contributed by atoms with Gasteiger partial charge in [0, 0.05) is 50.8 Å². The van der Waals surface area contributed by atoms with Crippen LogP contribution in [0.3, 0.4) is 0 Å². The number of amides is 2. The summed E-state index contributed by atoms with van der Waals surface area (Å²) in [6.45, 7) is 18.4. The average Bonchev–Trinajstić information content (AvgIpc) is 2.83. The Bertz CT molecular complexity index is 901. The SMILES string of the molecule is C[C@@H]1CN(Cc2ccccc2)[C@@H](CO)CN1C(=O)OC(C)(C)C.C[C@@H]1CN[C@@H](CO)CN1C(=O)OC(C)(C)C. The summed E-state index contributed by atoms with van der Waals surface area (Å²) in [6, 6.07) is 10.2. The van der Waals surface area contributed by atoms with Crippen LogP contribution in [-0.4, -0.2) is 112 Å². The van der Waals surface area contributed by atoms with Gasteiger partial charge in [-0.15, -0.1) is 0 Å². The molecule has 0 spiro atoms. The second-order valence-corrected chi connectivity index (χ2v) is 12.5. The number of ether oxygens (including phenoxy) is 2. The van der Waals surface area contributed by atoms with Gasteiger partial charge in [0.15, 0.2) is 0 Å². The molecule has 2 aliphatic heterocycles. The van der Waals surface area contributed by atoms with Crippen molar-refractivity contribution in [3.05, 3.63) is 35.9 Å². The number of aliphatic hydroxyl groups is 2. The third kappa shape index (κ3) is 10.9. The van der Waals surface area contributed by atoms with Crippen molar-refractivity contribution in [2.75, 3.05) is 39.4 Å². The zero-order valence-electron chi connectivity index (χ0n) is 25.0. The number of nitrogens with zero attached hydrogens (tertiary/aromatic N) is 3. The van der Waals surface area contributed by atoms with Crippen molar-refractivity contribution in [1.29, 1.82) is 0 Å². The van der Waals surface area contributed by atoms with E-state index in [1.54, 1.807) is 9.80 Å². The summed E-state index contributed by atoms with van der Waals surface area (Å²) >= 11 is 0. The highest BCUT2D eigenvalue weighted by Gasteiger charge is 2.36. The Balaban J connectivity index is 0.000000293. The number of hydrogen-bond acceptors (Lipinski definition) is 8. The monoisotopic (exact) mass is 550 g/mol. The van der Waals surface area contributed by atoms with E-state index in [1.807, 2.05) is 73.6 Å². The van der Waals surface area contributed by atoms with Gasteiger partial charge in [0.1, 0.15) is 11.2 Å². The molecule has 0 radical (unpaired) electrons. The molecule has 10 heteroatoms. The summed E-state index contributed by atoms with van der Waals surface area (Å²) in [5.74, 6) is 0. The Morgan fingerprint density at radius 2 is 1.38 bits per heavy atom. The van der Waals surface area contributed by atoms with Crippen molar-refractivity contribution in [3.8, 4) is 0 Å². The molecular weight excluding hydrogens is 500 g/mol. The minimum absolute atomic E-state index is 0.0266. The predicted octanol–water partition coefficient (Wildman–Crippen LogP) is 3.06. The van der Waals surface area contributed by atoms with Crippen molar-refractivity contribution >= 4 is 12.2 Å². The van der Waals surface area contributed by atoms with Gasteiger partial charge in [-0.05, 0) is 61.0 Å². The highest BCUT2D eigenvalue weighted by molar-refractivity contribution is 5.69. The first kappa shape index (κ1) is 32.8. The Hall–Kier alpha value is -2.40. The Kier molecular flexibility index (Phi) is 12.0. The first-order chi connectivity index (χ1) is 18.1. The standard InChI is InChI=1S/C18H28N2O3.C11H22N2O3/c1-14-10-19(11-15-8-6-5-7-9-15)16(13-21)12-20(14)17(22)23-18(2,3)4;1-8-5-12-9(7-14)6-13(8)10(15)16-11(2,3)4/h5-9,14,16,21H,10-13H2,1-4H3;8-9,12,14H,5-7H2,1-4H3/t14-,16-;8-,9-/m11/s1. The normalized spacial score (nSPS) is 24.5. The number of piperazine rings is 2. The van der Waals surface area contributed by atoms with Crippen LogP contribution in [-0.2, 0) is 16.0 Å². The maximum atomic E-state index is 12.4. The Labute approximate surface area is 234 Å². The minimum atomic E-state index is -0.507. The molecule has 4 atom stereocenters. The van der Waals surface area contributed by atoms with Crippen LogP contribution in [0.1, 0.15) is 61.0 Å². The molecule has 2 amide bonds. The summed E-state index contributed by atoms with van der Waals surface area (Å²) in [7, 11) is 0. The van der Waals surface area contributed by atoms with Gasteiger partial charge in [0.05, 0.1) is 19.3 Å². The first-order valence-electron chi connectivity index (χ1n) is 13.9. The van der Waals surface area contributed by atoms with Crippen LogP contribution in [0, 0.1) is 0 Å². The molecule has 2 heterocycles. The van der Waals surface area contributed by atoms with E-state index in [1.165, 1.54) is 5.56 Å². The van der Waals surface area contributed by atoms with Crippen molar-refractivity contribution in [2.45, 2.75) is 97.3 Å². The van der Waals surface area contributed by atoms with Crippen molar-refractivity contribution < 1.29 is 29.3 Å². The highest BCUT2D eigenvalue weighted by atomic mass is 16.6. The minimum Gasteiger partial charge on any atom is -0.444 e. The maximum absolute atomic E-state index is 12.4. The van der Waals surface area contributed by atoms with Crippen LogP contribution in [0.15, 0.2) is 30.3 Å². The van der Waals surface area contributed by atoms with Crippen LogP contribution < -0.4 is 5.32 Å².